The topological polar surface area (TPSA) is 118 Å². The van der Waals surface area contributed by atoms with Gasteiger partial charge in [0.25, 0.3) is 0 Å². The second-order valence-electron chi connectivity index (χ2n) is 10.7. The summed E-state index contributed by atoms with van der Waals surface area (Å²) in [5.74, 6) is -0.488. The molecule has 0 spiro atoms. The van der Waals surface area contributed by atoms with Crippen molar-refractivity contribution in [1.29, 1.82) is 0 Å². The highest BCUT2D eigenvalue weighted by atomic mass is 35.5. The zero-order chi connectivity index (χ0) is 30.5. The quantitative estimate of drug-likeness (QED) is 0.294. The van der Waals surface area contributed by atoms with Crippen LogP contribution in [0.4, 0.5) is 10.2 Å². The molecule has 1 amide bonds. The lowest BCUT2D eigenvalue weighted by atomic mass is 10.00. The third-order valence-electron chi connectivity index (χ3n) is 8.12. The van der Waals surface area contributed by atoms with E-state index in [9.17, 15) is 22.4 Å². The molecule has 2 fully saturated rings. The van der Waals surface area contributed by atoms with Gasteiger partial charge >= 0.3 is 5.69 Å². The standard InChI is InChI=1S/C30H28ClFN6O4S/c1-3-26(39)36-13-14-37(18(2)17-36)28-21-15-22(31)27(20-9-4-5-10-23(20)32)34-29(21)38(30(40)35-28)24-16-33-12-11-25(24)43(41,42)19-7-6-8-19/h3-5,9-12,15-16,18-19H,1,6-8,13-14,17H2,2H3/t18-/m0/s1. The molecular weight excluding hydrogens is 595 g/mol. The number of amides is 1. The summed E-state index contributed by atoms with van der Waals surface area (Å²) in [6, 6.07) is 8.67. The Labute approximate surface area is 252 Å². The number of carbonyl (C=O) groups excluding carboxylic acids is 1. The average molecular weight is 623 g/mol. The highest BCUT2D eigenvalue weighted by Crippen LogP contribution is 2.37. The van der Waals surface area contributed by atoms with Crippen molar-refractivity contribution in [3.63, 3.8) is 0 Å². The predicted molar refractivity (Wildman–Crippen MR) is 162 cm³/mol. The molecule has 222 valence electrons. The van der Waals surface area contributed by atoms with Crippen molar-refractivity contribution in [2.75, 3.05) is 24.5 Å². The molecule has 1 atom stereocenters. The summed E-state index contributed by atoms with van der Waals surface area (Å²) >= 11 is 6.72. The maximum Gasteiger partial charge on any atom is 0.355 e. The number of rotatable bonds is 6. The lowest BCUT2D eigenvalue weighted by Gasteiger charge is -2.40. The van der Waals surface area contributed by atoms with Crippen molar-refractivity contribution in [2.24, 2.45) is 0 Å². The minimum absolute atomic E-state index is 0.00667. The van der Waals surface area contributed by atoms with E-state index in [1.165, 1.54) is 42.7 Å². The molecule has 4 heterocycles. The van der Waals surface area contributed by atoms with Crippen LogP contribution in [0.1, 0.15) is 26.2 Å². The van der Waals surface area contributed by atoms with Crippen molar-refractivity contribution in [3.05, 3.63) is 82.8 Å². The second-order valence-corrected chi connectivity index (χ2v) is 13.3. The lowest BCUT2D eigenvalue weighted by molar-refractivity contribution is -0.126. The summed E-state index contributed by atoms with van der Waals surface area (Å²) in [5, 5.41) is -0.0852. The zero-order valence-corrected chi connectivity index (χ0v) is 24.9. The Balaban J connectivity index is 1.61. The number of fused-ring (bicyclic) bond motifs is 1. The number of pyridine rings is 2. The van der Waals surface area contributed by atoms with Gasteiger partial charge in [-0.25, -0.2) is 27.2 Å². The summed E-state index contributed by atoms with van der Waals surface area (Å²) in [4.78, 5) is 42.9. The van der Waals surface area contributed by atoms with Crippen LogP contribution < -0.4 is 10.6 Å². The first kappa shape index (κ1) is 28.9. The van der Waals surface area contributed by atoms with E-state index in [0.717, 1.165) is 11.0 Å². The van der Waals surface area contributed by atoms with Crippen LogP contribution in [0.15, 0.2) is 71.1 Å². The monoisotopic (exact) mass is 622 g/mol. The van der Waals surface area contributed by atoms with Crippen molar-refractivity contribution in [2.45, 2.75) is 42.4 Å². The van der Waals surface area contributed by atoms with Crippen LogP contribution in [0.5, 0.6) is 0 Å². The van der Waals surface area contributed by atoms with Crippen LogP contribution in [-0.2, 0) is 14.6 Å². The minimum atomic E-state index is -3.80. The fourth-order valence-electron chi connectivity index (χ4n) is 5.63. The van der Waals surface area contributed by atoms with Crippen molar-refractivity contribution >= 4 is 44.2 Å². The fraction of sp³-hybridized carbons (Fsp3) is 0.300. The lowest BCUT2D eigenvalue weighted by Crippen LogP contribution is -2.54. The number of halogens is 2. The number of anilines is 1. The Morgan fingerprint density at radius 1 is 1.16 bits per heavy atom. The Bertz CT molecular complexity index is 1950. The summed E-state index contributed by atoms with van der Waals surface area (Å²) in [7, 11) is -3.80. The molecule has 13 heteroatoms. The number of hydrogen-bond donors (Lipinski definition) is 0. The smallest absolute Gasteiger partial charge is 0.350 e. The fourth-order valence-corrected chi connectivity index (χ4v) is 7.88. The Hall–Kier alpha value is -4.16. The third-order valence-corrected chi connectivity index (χ3v) is 10.7. The van der Waals surface area contributed by atoms with E-state index >= 15 is 0 Å². The summed E-state index contributed by atoms with van der Waals surface area (Å²) in [6.45, 7) is 6.54. The Morgan fingerprint density at radius 3 is 2.60 bits per heavy atom. The van der Waals surface area contributed by atoms with Crippen LogP contribution in [0.25, 0.3) is 28.0 Å². The number of aromatic nitrogens is 4. The van der Waals surface area contributed by atoms with Gasteiger partial charge in [0, 0.05) is 37.4 Å². The normalized spacial score (nSPS) is 17.6. The van der Waals surface area contributed by atoms with Crippen LogP contribution >= 0.6 is 11.6 Å². The molecule has 43 heavy (non-hydrogen) atoms. The molecule has 1 saturated heterocycles. The largest absolute Gasteiger partial charge is 0.355 e. The number of carbonyl (C=O) groups is 1. The van der Waals surface area contributed by atoms with Gasteiger partial charge in [0.15, 0.2) is 15.5 Å². The summed E-state index contributed by atoms with van der Waals surface area (Å²) in [5.41, 5.74) is -0.532. The highest BCUT2D eigenvalue weighted by molar-refractivity contribution is 7.92. The van der Waals surface area contributed by atoms with E-state index in [0.29, 0.717) is 37.9 Å². The van der Waals surface area contributed by atoms with E-state index in [2.05, 4.69) is 16.5 Å². The van der Waals surface area contributed by atoms with E-state index < -0.39 is 26.6 Å². The minimum Gasteiger partial charge on any atom is -0.350 e. The first-order chi connectivity index (χ1) is 20.6. The molecular formula is C30H28ClFN6O4S. The molecule has 0 N–H and O–H groups in total. The van der Waals surface area contributed by atoms with Gasteiger partial charge in [0.05, 0.1) is 38.1 Å². The number of hydrogen-bond acceptors (Lipinski definition) is 8. The third kappa shape index (κ3) is 4.98. The zero-order valence-electron chi connectivity index (χ0n) is 23.3. The Morgan fingerprint density at radius 2 is 1.93 bits per heavy atom. The predicted octanol–water partition coefficient (Wildman–Crippen LogP) is 4.18. The Kier molecular flexibility index (Phi) is 7.51. The molecule has 6 rings (SSSR count). The molecule has 10 nitrogen and oxygen atoms in total. The average Bonchev–Trinajstić information content (AvgIpc) is 2.95. The number of nitrogens with zero attached hydrogens (tertiary/aromatic N) is 6. The van der Waals surface area contributed by atoms with Crippen LogP contribution in [0.3, 0.4) is 0 Å². The number of sulfone groups is 1. The van der Waals surface area contributed by atoms with Crippen molar-refractivity contribution in [3.8, 4) is 16.9 Å². The van der Waals surface area contributed by atoms with E-state index in [1.807, 2.05) is 11.8 Å². The van der Waals surface area contributed by atoms with Crippen LogP contribution in [0, 0.1) is 5.82 Å². The van der Waals surface area contributed by atoms with Gasteiger partial charge in [-0.3, -0.25) is 9.78 Å². The molecule has 2 aliphatic rings. The SMILES string of the molecule is C=CC(=O)N1CCN(c2nc(=O)n(-c3cnccc3S(=O)(=O)C3CCC3)c3nc(-c4ccccc4F)c(Cl)cc23)[C@@H](C)C1. The van der Waals surface area contributed by atoms with Crippen LogP contribution in [-0.4, -0.2) is 69.7 Å². The van der Waals surface area contributed by atoms with Crippen molar-refractivity contribution in [1.82, 2.24) is 24.4 Å². The van der Waals surface area contributed by atoms with Gasteiger partial charge in [-0.05, 0) is 50.1 Å². The maximum atomic E-state index is 14.9. The molecule has 0 bridgehead atoms. The molecule has 1 saturated carbocycles. The highest BCUT2D eigenvalue weighted by Gasteiger charge is 2.36. The summed E-state index contributed by atoms with van der Waals surface area (Å²) in [6.07, 6.45) is 5.79. The van der Waals surface area contributed by atoms with Gasteiger partial charge in [0.2, 0.25) is 5.91 Å². The summed E-state index contributed by atoms with van der Waals surface area (Å²) < 4.78 is 43.3. The second kappa shape index (κ2) is 11.2. The van der Waals surface area contributed by atoms with Gasteiger partial charge < -0.3 is 9.80 Å². The van der Waals surface area contributed by atoms with E-state index in [4.69, 9.17) is 16.6 Å². The number of benzene rings is 1. The molecule has 3 aromatic heterocycles. The maximum absolute atomic E-state index is 14.9. The molecule has 4 aromatic rings. The van der Waals surface area contributed by atoms with Crippen molar-refractivity contribution < 1.29 is 17.6 Å². The van der Waals surface area contributed by atoms with E-state index in [-0.39, 0.29) is 50.3 Å². The van der Waals surface area contributed by atoms with Gasteiger partial charge in [-0.2, -0.15) is 4.98 Å². The first-order valence-electron chi connectivity index (χ1n) is 13.9. The van der Waals surface area contributed by atoms with Gasteiger partial charge in [-0.15, -0.1) is 0 Å². The molecule has 1 aliphatic heterocycles. The van der Waals surface area contributed by atoms with Gasteiger partial charge in [-0.1, -0.05) is 36.7 Å². The van der Waals surface area contributed by atoms with Gasteiger partial charge in [0.1, 0.15) is 11.6 Å². The molecule has 1 aliphatic carbocycles. The molecule has 1 aromatic carbocycles. The molecule has 0 radical (unpaired) electrons. The number of piperazine rings is 1. The van der Waals surface area contributed by atoms with Crippen LogP contribution in [0.2, 0.25) is 5.02 Å². The molecule has 0 unspecified atom stereocenters. The van der Waals surface area contributed by atoms with E-state index in [1.54, 1.807) is 17.0 Å². The first-order valence-corrected chi connectivity index (χ1v) is 15.8.